The van der Waals surface area contributed by atoms with E-state index in [1.807, 2.05) is 6.07 Å². The molecule has 2 heterocycles. The van der Waals surface area contributed by atoms with Gasteiger partial charge >= 0.3 is 5.91 Å². The standard InChI is InChI=1S/C15H23N3O2/c16-17-14(19)13-4-3-12(20-13)11-18-9-7-15(8-10-18)5-1-2-6-15/h3-4H,1-2,5-11,16H2,(H,17,19). The molecule has 0 aromatic carbocycles. The highest BCUT2D eigenvalue weighted by atomic mass is 16.4. The Morgan fingerprint density at radius 1 is 1.25 bits per heavy atom. The van der Waals surface area contributed by atoms with E-state index in [1.54, 1.807) is 6.07 Å². The summed E-state index contributed by atoms with van der Waals surface area (Å²) in [6, 6.07) is 3.55. The molecule has 1 amide bonds. The van der Waals surface area contributed by atoms with Gasteiger partial charge in [-0.1, -0.05) is 12.8 Å². The minimum Gasteiger partial charge on any atom is -0.455 e. The summed E-state index contributed by atoms with van der Waals surface area (Å²) in [5, 5.41) is 0. The lowest BCUT2D eigenvalue weighted by molar-refractivity contribution is 0.0900. The van der Waals surface area contributed by atoms with Crippen molar-refractivity contribution in [2.24, 2.45) is 11.3 Å². The number of carbonyl (C=O) groups is 1. The summed E-state index contributed by atoms with van der Waals surface area (Å²) in [6.45, 7) is 3.06. The second-order valence-electron chi connectivity index (χ2n) is 6.22. The summed E-state index contributed by atoms with van der Waals surface area (Å²) in [5.41, 5.74) is 2.73. The van der Waals surface area contributed by atoms with Crippen molar-refractivity contribution in [2.45, 2.75) is 45.1 Å². The number of carbonyl (C=O) groups excluding carboxylic acids is 1. The number of nitrogens with zero attached hydrogens (tertiary/aromatic N) is 1. The van der Waals surface area contributed by atoms with Gasteiger partial charge in [-0.3, -0.25) is 15.1 Å². The number of nitrogens with one attached hydrogen (secondary N) is 1. The summed E-state index contributed by atoms with van der Waals surface area (Å²) in [5.74, 6) is 5.84. The smallest absolute Gasteiger partial charge is 0.300 e. The fourth-order valence-corrected chi connectivity index (χ4v) is 3.69. The minimum absolute atomic E-state index is 0.284. The van der Waals surface area contributed by atoms with Gasteiger partial charge in [0, 0.05) is 0 Å². The highest BCUT2D eigenvalue weighted by Crippen LogP contribution is 2.46. The number of likely N-dealkylation sites (tertiary alicyclic amines) is 1. The Hall–Kier alpha value is -1.33. The molecule has 1 saturated carbocycles. The molecule has 3 N–H and O–H groups in total. The summed E-state index contributed by atoms with van der Waals surface area (Å²) >= 11 is 0. The Kier molecular flexibility index (Phi) is 3.81. The molecule has 1 saturated heterocycles. The van der Waals surface area contributed by atoms with Crippen molar-refractivity contribution < 1.29 is 9.21 Å². The third-order valence-electron chi connectivity index (χ3n) is 4.98. The first-order valence-electron chi connectivity index (χ1n) is 7.53. The Morgan fingerprint density at radius 3 is 2.60 bits per heavy atom. The number of rotatable bonds is 3. The number of furan rings is 1. The molecule has 2 fully saturated rings. The van der Waals surface area contributed by atoms with Crippen molar-refractivity contribution in [3.05, 3.63) is 23.7 Å². The molecule has 1 spiro atoms. The molecular weight excluding hydrogens is 254 g/mol. The lowest BCUT2D eigenvalue weighted by Gasteiger charge is -2.39. The number of piperidine rings is 1. The fraction of sp³-hybridized carbons (Fsp3) is 0.667. The van der Waals surface area contributed by atoms with Crippen LogP contribution < -0.4 is 11.3 Å². The van der Waals surface area contributed by atoms with Crippen LogP contribution in [0.3, 0.4) is 0 Å². The first-order chi connectivity index (χ1) is 9.71. The maximum atomic E-state index is 11.3. The van der Waals surface area contributed by atoms with Gasteiger partial charge in [0.05, 0.1) is 6.54 Å². The average Bonchev–Trinajstić information content (AvgIpc) is 3.11. The molecule has 0 unspecified atom stereocenters. The van der Waals surface area contributed by atoms with E-state index in [0.717, 1.165) is 25.4 Å². The van der Waals surface area contributed by atoms with Crippen LogP contribution in [0.4, 0.5) is 0 Å². The number of hydrogen-bond acceptors (Lipinski definition) is 4. The largest absolute Gasteiger partial charge is 0.455 e. The maximum absolute atomic E-state index is 11.3. The normalized spacial score (nSPS) is 22.2. The van der Waals surface area contributed by atoms with E-state index < -0.39 is 0 Å². The predicted molar refractivity (Wildman–Crippen MR) is 75.8 cm³/mol. The third-order valence-corrected chi connectivity index (χ3v) is 4.98. The third kappa shape index (κ3) is 2.74. The molecule has 0 bridgehead atoms. The Bertz CT molecular complexity index is 467. The topological polar surface area (TPSA) is 71.5 Å². The van der Waals surface area contributed by atoms with Crippen LogP contribution in [-0.4, -0.2) is 23.9 Å². The van der Waals surface area contributed by atoms with Crippen molar-refractivity contribution in [3.63, 3.8) is 0 Å². The van der Waals surface area contributed by atoms with Crippen molar-refractivity contribution in [3.8, 4) is 0 Å². The first-order valence-corrected chi connectivity index (χ1v) is 7.53. The van der Waals surface area contributed by atoms with E-state index in [1.165, 1.54) is 38.5 Å². The van der Waals surface area contributed by atoms with Crippen LogP contribution in [0.2, 0.25) is 0 Å². The monoisotopic (exact) mass is 277 g/mol. The minimum atomic E-state index is -0.375. The van der Waals surface area contributed by atoms with E-state index in [2.05, 4.69) is 10.3 Å². The molecule has 1 aliphatic carbocycles. The van der Waals surface area contributed by atoms with Gasteiger partial charge in [0.2, 0.25) is 0 Å². The summed E-state index contributed by atoms with van der Waals surface area (Å²) < 4.78 is 5.52. The van der Waals surface area contributed by atoms with Crippen molar-refractivity contribution in [1.29, 1.82) is 0 Å². The number of hydrazine groups is 1. The molecule has 1 aromatic rings. The van der Waals surface area contributed by atoms with Crippen LogP contribution >= 0.6 is 0 Å². The number of hydrogen-bond donors (Lipinski definition) is 2. The highest BCUT2D eigenvalue weighted by Gasteiger charge is 2.36. The van der Waals surface area contributed by atoms with Gasteiger partial charge in [0.25, 0.3) is 0 Å². The highest BCUT2D eigenvalue weighted by molar-refractivity contribution is 5.90. The molecule has 0 atom stereocenters. The quantitative estimate of drug-likeness (QED) is 0.504. The average molecular weight is 277 g/mol. The summed E-state index contributed by atoms with van der Waals surface area (Å²) in [4.78, 5) is 13.8. The van der Waals surface area contributed by atoms with Crippen LogP contribution in [0.1, 0.15) is 54.8 Å². The van der Waals surface area contributed by atoms with Gasteiger partial charge < -0.3 is 4.42 Å². The van der Waals surface area contributed by atoms with Crippen LogP contribution in [0.25, 0.3) is 0 Å². The fourth-order valence-electron chi connectivity index (χ4n) is 3.69. The second kappa shape index (κ2) is 5.58. The maximum Gasteiger partial charge on any atom is 0.300 e. The molecule has 1 aliphatic heterocycles. The van der Waals surface area contributed by atoms with Gasteiger partial charge in [0.15, 0.2) is 5.76 Å². The van der Waals surface area contributed by atoms with Crippen LogP contribution in [0.5, 0.6) is 0 Å². The van der Waals surface area contributed by atoms with E-state index in [9.17, 15) is 4.79 Å². The van der Waals surface area contributed by atoms with Gasteiger partial charge in [-0.2, -0.15) is 0 Å². The van der Waals surface area contributed by atoms with E-state index >= 15 is 0 Å². The van der Waals surface area contributed by atoms with Crippen molar-refractivity contribution >= 4 is 5.91 Å². The molecule has 0 radical (unpaired) electrons. The number of nitrogen functional groups attached to an aromatic ring is 1. The Labute approximate surface area is 119 Å². The number of amides is 1. The predicted octanol–water partition coefficient (Wildman–Crippen LogP) is 2.04. The van der Waals surface area contributed by atoms with Crippen molar-refractivity contribution in [2.75, 3.05) is 13.1 Å². The lowest BCUT2D eigenvalue weighted by Crippen LogP contribution is -2.38. The molecule has 20 heavy (non-hydrogen) atoms. The zero-order valence-electron chi connectivity index (χ0n) is 11.9. The Balaban J connectivity index is 1.54. The van der Waals surface area contributed by atoms with E-state index in [0.29, 0.717) is 5.41 Å². The van der Waals surface area contributed by atoms with Crippen LogP contribution in [0.15, 0.2) is 16.5 Å². The van der Waals surface area contributed by atoms with Crippen LogP contribution in [0, 0.1) is 5.41 Å². The molecular formula is C15H23N3O2. The Morgan fingerprint density at radius 2 is 1.95 bits per heavy atom. The van der Waals surface area contributed by atoms with E-state index in [-0.39, 0.29) is 11.7 Å². The zero-order valence-corrected chi connectivity index (χ0v) is 11.9. The van der Waals surface area contributed by atoms with Gasteiger partial charge in [-0.15, -0.1) is 0 Å². The summed E-state index contributed by atoms with van der Waals surface area (Å²) in [7, 11) is 0. The molecule has 110 valence electrons. The lowest BCUT2D eigenvalue weighted by atomic mass is 9.77. The van der Waals surface area contributed by atoms with Gasteiger partial charge in [-0.25, -0.2) is 5.84 Å². The molecule has 5 nitrogen and oxygen atoms in total. The first kappa shape index (κ1) is 13.6. The number of nitrogens with two attached hydrogens (primary N) is 1. The molecule has 5 heteroatoms. The molecule has 3 rings (SSSR count). The SMILES string of the molecule is NNC(=O)c1ccc(CN2CCC3(CCCC3)CC2)o1. The van der Waals surface area contributed by atoms with E-state index in [4.69, 9.17) is 10.3 Å². The van der Waals surface area contributed by atoms with Crippen LogP contribution in [-0.2, 0) is 6.54 Å². The van der Waals surface area contributed by atoms with Gasteiger partial charge in [-0.05, 0) is 56.3 Å². The van der Waals surface area contributed by atoms with Gasteiger partial charge in [0.1, 0.15) is 5.76 Å². The van der Waals surface area contributed by atoms with Crippen molar-refractivity contribution in [1.82, 2.24) is 10.3 Å². The molecule has 2 aliphatic rings. The second-order valence-corrected chi connectivity index (χ2v) is 6.22. The summed E-state index contributed by atoms with van der Waals surface area (Å²) in [6.07, 6.45) is 8.28. The molecule has 1 aromatic heterocycles. The zero-order chi connectivity index (χ0) is 14.0.